The van der Waals surface area contributed by atoms with Gasteiger partial charge in [-0.2, -0.15) is 0 Å². The molecule has 1 fully saturated rings. The average molecular weight is 545 g/mol. The summed E-state index contributed by atoms with van der Waals surface area (Å²) in [6.07, 6.45) is 2.25. The molecule has 2 heterocycles. The summed E-state index contributed by atoms with van der Waals surface area (Å²) in [6.45, 7) is 3.59. The first-order chi connectivity index (χ1) is 19.5. The Balaban J connectivity index is 1.34. The van der Waals surface area contributed by atoms with Crippen LogP contribution in [-0.4, -0.2) is 42.9 Å². The van der Waals surface area contributed by atoms with Crippen LogP contribution < -0.4 is 15.5 Å². The van der Waals surface area contributed by atoms with Crippen LogP contribution in [0.5, 0.6) is 0 Å². The molecule has 3 aromatic carbocycles. The number of nitrogens with one attached hydrogen (secondary N) is 2. The maximum absolute atomic E-state index is 14.2. The van der Waals surface area contributed by atoms with Gasteiger partial charge in [-0.15, -0.1) is 0 Å². The average Bonchev–Trinajstić information content (AvgIpc) is 3.41. The van der Waals surface area contributed by atoms with Crippen molar-refractivity contribution >= 4 is 23.2 Å². The molecule has 1 aliphatic heterocycles. The van der Waals surface area contributed by atoms with Gasteiger partial charge in [0.25, 0.3) is 11.8 Å². The number of carbonyl (C=O) groups is 2. The van der Waals surface area contributed by atoms with E-state index in [4.69, 9.17) is 4.42 Å². The Hall–Kier alpha value is -4.50. The van der Waals surface area contributed by atoms with Crippen molar-refractivity contribution in [1.82, 2.24) is 10.2 Å². The maximum Gasteiger partial charge on any atom is 0.291 e. The van der Waals surface area contributed by atoms with Crippen molar-refractivity contribution in [2.24, 2.45) is 0 Å². The highest BCUT2D eigenvalue weighted by atomic mass is 19.1. The van der Waals surface area contributed by atoms with Crippen LogP contribution in [0, 0.1) is 11.6 Å². The van der Waals surface area contributed by atoms with Gasteiger partial charge in [-0.1, -0.05) is 30.3 Å². The van der Waals surface area contributed by atoms with Crippen molar-refractivity contribution in [2.45, 2.75) is 19.5 Å². The summed E-state index contributed by atoms with van der Waals surface area (Å²) < 4.78 is 32.7. The molecule has 1 aromatic heterocycles. The molecule has 0 atom stereocenters. The first-order valence-electron chi connectivity index (χ1n) is 13.2. The standard InChI is InChI=1S/C31H30F2N4O3/c32-24-10-8-22(9-11-24)20-34-30(38)26-19-25(35-31(39)29-7-3-18-40-29)12-13-28(26)37-15-4-14-36(16-17-37)21-23-5-1-2-6-27(23)33/h1-3,5-13,18-19H,4,14-17,20-21H2,(H,34,38)(H,35,39). The van der Waals surface area contributed by atoms with Gasteiger partial charge in [-0.05, 0) is 60.5 Å². The minimum Gasteiger partial charge on any atom is -0.459 e. The molecular formula is C31H30F2N4O3. The quantitative estimate of drug-likeness (QED) is 0.308. The normalized spacial score (nSPS) is 14.0. The highest BCUT2D eigenvalue weighted by Gasteiger charge is 2.22. The van der Waals surface area contributed by atoms with Gasteiger partial charge in [-0.25, -0.2) is 8.78 Å². The topological polar surface area (TPSA) is 77.8 Å². The van der Waals surface area contributed by atoms with E-state index >= 15 is 0 Å². The summed E-state index contributed by atoms with van der Waals surface area (Å²) in [6, 6.07) is 21.2. The number of nitrogens with zero attached hydrogens (tertiary/aromatic N) is 2. The number of halogens is 2. The highest BCUT2D eigenvalue weighted by Crippen LogP contribution is 2.27. The molecule has 5 rings (SSSR count). The fraction of sp³-hybridized carbons (Fsp3) is 0.226. The Bertz CT molecular complexity index is 1460. The molecule has 0 spiro atoms. The summed E-state index contributed by atoms with van der Waals surface area (Å²) in [5.74, 6) is -1.14. The molecule has 0 aliphatic carbocycles. The van der Waals surface area contributed by atoms with E-state index in [0.717, 1.165) is 24.2 Å². The van der Waals surface area contributed by atoms with E-state index < -0.39 is 5.91 Å². The number of rotatable bonds is 8. The van der Waals surface area contributed by atoms with E-state index in [0.29, 0.717) is 43.0 Å². The van der Waals surface area contributed by atoms with E-state index in [2.05, 4.69) is 20.4 Å². The summed E-state index contributed by atoms with van der Waals surface area (Å²) in [5, 5.41) is 5.70. The fourth-order valence-corrected chi connectivity index (χ4v) is 4.79. The molecule has 4 aromatic rings. The van der Waals surface area contributed by atoms with Crippen molar-refractivity contribution in [3.63, 3.8) is 0 Å². The van der Waals surface area contributed by atoms with Gasteiger partial charge in [0, 0.05) is 56.2 Å². The lowest BCUT2D eigenvalue weighted by molar-refractivity contribution is 0.0949. The Morgan fingerprint density at radius 1 is 0.850 bits per heavy atom. The van der Waals surface area contributed by atoms with Crippen molar-refractivity contribution in [2.75, 3.05) is 36.4 Å². The van der Waals surface area contributed by atoms with Gasteiger partial charge in [0.05, 0.1) is 11.8 Å². The zero-order valence-electron chi connectivity index (χ0n) is 21.9. The van der Waals surface area contributed by atoms with Crippen LogP contribution in [0.1, 0.15) is 38.5 Å². The number of hydrogen-bond donors (Lipinski definition) is 2. The predicted octanol–water partition coefficient (Wildman–Crippen LogP) is 5.45. The van der Waals surface area contributed by atoms with Crippen LogP contribution in [-0.2, 0) is 13.1 Å². The van der Waals surface area contributed by atoms with E-state index in [-0.39, 0.29) is 29.8 Å². The molecule has 1 aliphatic rings. The third kappa shape index (κ3) is 6.73. The van der Waals surface area contributed by atoms with Crippen molar-refractivity contribution < 1.29 is 22.8 Å². The molecule has 40 heavy (non-hydrogen) atoms. The molecule has 1 saturated heterocycles. The van der Waals surface area contributed by atoms with Crippen LogP contribution in [0.2, 0.25) is 0 Å². The van der Waals surface area contributed by atoms with E-state index in [1.807, 2.05) is 12.1 Å². The first kappa shape index (κ1) is 27.1. The predicted molar refractivity (Wildman–Crippen MR) is 149 cm³/mol. The Morgan fingerprint density at radius 2 is 1.68 bits per heavy atom. The third-order valence-electron chi connectivity index (χ3n) is 6.89. The Morgan fingerprint density at radius 3 is 2.45 bits per heavy atom. The van der Waals surface area contributed by atoms with Gasteiger partial charge in [0.2, 0.25) is 0 Å². The molecular weight excluding hydrogens is 514 g/mol. The van der Waals surface area contributed by atoms with Crippen LogP contribution in [0.3, 0.4) is 0 Å². The Kier molecular flexibility index (Phi) is 8.51. The second-order valence-electron chi connectivity index (χ2n) is 9.68. The SMILES string of the molecule is O=C(Nc1ccc(N2CCCN(Cc3ccccc3F)CC2)c(C(=O)NCc2ccc(F)cc2)c1)c1ccco1. The molecule has 206 valence electrons. The summed E-state index contributed by atoms with van der Waals surface area (Å²) in [4.78, 5) is 30.4. The van der Waals surface area contributed by atoms with Gasteiger partial charge in [0.15, 0.2) is 5.76 Å². The van der Waals surface area contributed by atoms with Crippen LogP contribution >= 0.6 is 0 Å². The molecule has 0 unspecified atom stereocenters. The summed E-state index contributed by atoms with van der Waals surface area (Å²) in [7, 11) is 0. The second-order valence-corrected chi connectivity index (χ2v) is 9.68. The molecule has 2 N–H and O–H groups in total. The second kappa shape index (κ2) is 12.6. The van der Waals surface area contributed by atoms with Crippen molar-refractivity contribution in [3.05, 3.63) is 119 Å². The number of amides is 2. The third-order valence-corrected chi connectivity index (χ3v) is 6.89. The van der Waals surface area contributed by atoms with Gasteiger partial charge >= 0.3 is 0 Å². The molecule has 9 heteroatoms. The molecule has 2 amide bonds. The number of benzene rings is 3. The van der Waals surface area contributed by atoms with Gasteiger partial charge < -0.3 is 20.0 Å². The fourth-order valence-electron chi connectivity index (χ4n) is 4.79. The minimum absolute atomic E-state index is 0.161. The lowest BCUT2D eigenvalue weighted by atomic mass is 10.1. The summed E-state index contributed by atoms with van der Waals surface area (Å²) in [5.41, 5.74) is 3.01. The van der Waals surface area contributed by atoms with E-state index in [1.54, 1.807) is 48.5 Å². The maximum atomic E-state index is 14.2. The van der Waals surface area contributed by atoms with E-state index in [9.17, 15) is 18.4 Å². The number of carbonyl (C=O) groups excluding carboxylic acids is 2. The van der Waals surface area contributed by atoms with Crippen LogP contribution in [0.15, 0.2) is 89.5 Å². The molecule has 0 bridgehead atoms. The summed E-state index contributed by atoms with van der Waals surface area (Å²) >= 11 is 0. The molecule has 0 saturated carbocycles. The zero-order valence-corrected chi connectivity index (χ0v) is 21.9. The van der Waals surface area contributed by atoms with Crippen molar-refractivity contribution in [1.29, 1.82) is 0 Å². The number of anilines is 2. The van der Waals surface area contributed by atoms with E-state index in [1.165, 1.54) is 24.5 Å². The largest absolute Gasteiger partial charge is 0.459 e. The number of furan rings is 1. The highest BCUT2D eigenvalue weighted by molar-refractivity contribution is 6.05. The van der Waals surface area contributed by atoms with Gasteiger partial charge in [-0.3, -0.25) is 14.5 Å². The molecule has 0 radical (unpaired) electrons. The number of hydrogen-bond acceptors (Lipinski definition) is 5. The zero-order chi connectivity index (χ0) is 27.9. The monoisotopic (exact) mass is 544 g/mol. The van der Waals surface area contributed by atoms with Crippen LogP contribution in [0.25, 0.3) is 0 Å². The minimum atomic E-state index is -0.422. The molecule has 7 nitrogen and oxygen atoms in total. The van der Waals surface area contributed by atoms with Gasteiger partial charge in [0.1, 0.15) is 11.6 Å². The van der Waals surface area contributed by atoms with Crippen molar-refractivity contribution in [3.8, 4) is 0 Å². The first-order valence-corrected chi connectivity index (χ1v) is 13.2. The smallest absolute Gasteiger partial charge is 0.291 e. The van der Waals surface area contributed by atoms with Crippen LogP contribution in [0.4, 0.5) is 20.2 Å². The lowest BCUT2D eigenvalue weighted by Gasteiger charge is -2.26. The lowest BCUT2D eigenvalue weighted by Crippen LogP contribution is -2.33. The Labute approximate surface area is 231 Å².